The summed E-state index contributed by atoms with van der Waals surface area (Å²) in [6, 6.07) is 12.6. The molecular weight excluding hydrogens is 262 g/mol. The van der Waals surface area contributed by atoms with E-state index in [-0.39, 0.29) is 5.78 Å². The van der Waals surface area contributed by atoms with Crippen LogP contribution in [0, 0.1) is 0 Å². The zero-order chi connectivity index (χ0) is 13.8. The van der Waals surface area contributed by atoms with Crippen molar-refractivity contribution in [3.8, 4) is 5.75 Å². The lowest BCUT2D eigenvalue weighted by Crippen LogP contribution is -2.06. The monoisotopic (exact) mass is 275 g/mol. The van der Waals surface area contributed by atoms with Gasteiger partial charge in [-0.3, -0.25) is 4.79 Å². The van der Waals surface area contributed by atoms with Gasteiger partial charge in [-0.2, -0.15) is 0 Å². The summed E-state index contributed by atoms with van der Waals surface area (Å²) in [6.45, 7) is 0. The van der Waals surface area contributed by atoms with Gasteiger partial charge in [0.1, 0.15) is 5.75 Å². The van der Waals surface area contributed by atoms with Crippen LogP contribution in [0.3, 0.4) is 0 Å². The Balaban J connectivity index is 2.29. The Morgan fingerprint density at radius 1 is 1.26 bits per heavy atom. The van der Waals surface area contributed by atoms with Crippen LogP contribution < -0.4 is 10.5 Å². The molecule has 3 nitrogen and oxygen atoms in total. The van der Waals surface area contributed by atoms with E-state index in [0.29, 0.717) is 28.4 Å². The third-order valence-corrected chi connectivity index (χ3v) is 3.14. The van der Waals surface area contributed by atoms with Gasteiger partial charge in [-0.05, 0) is 17.7 Å². The highest BCUT2D eigenvalue weighted by molar-refractivity contribution is 6.34. The number of Topliss-reactive ketones (excluding diaryl/α,β-unsaturated/α-hetero) is 1. The molecule has 0 spiro atoms. The molecule has 0 bridgehead atoms. The highest BCUT2D eigenvalue weighted by Gasteiger charge is 2.14. The van der Waals surface area contributed by atoms with Crippen LogP contribution in [-0.2, 0) is 6.42 Å². The number of benzene rings is 2. The number of carbonyl (C=O) groups is 1. The summed E-state index contributed by atoms with van der Waals surface area (Å²) in [5.74, 6) is 0.398. The topological polar surface area (TPSA) is 52.3 Å². The van der Waals surface area contributed by atoms with Crippen LogP contribution in [0.4, 0.5) is 5.69 Å². The summed E-state index contributed by atoms with van der Waals surface area (Å²) < 4.78 is 5.11. The standard InChI is InChI=1S/C15H14ClNO2/c1-19-15-8-11(12(16)9-13(15)17)14(18)7-10-5-3-2-4-6-10/h2-6,8-9H,7,17H2,1H3. The Bertz CT molecular complexity index is 597. The minimum atomic E-state index is -0.0606. The lowest BCUT2D eigenvalue weighted by atomic mass is 10.0. The summed E-state index contributed by atoms with van der Waals surface area (Å²) in [5, 5.41) is 0.347. The van der Waals surface area contributed by atoms with Gasteiger partial charge in [0.25, 0.3) is 0 Å². The molecular formula is C15H14ClNO2. The smallest absolute Gasteiger partial charge is 0.168 e. The van der Waals surface area contributed by atoms with E-state index in [1.54, 1.807) is 12.1 Å². The fraction of sp³-hybridized carbons (Fsp3) is 0.133. The third-order valence-electron chi connectivity index (χ3n) is 2.83. The second-order valence-electron chi connectivity index (χ2n) is 4.16. The van der Waals surface area contributed by atoms with Crippen LogP contribution in [0.25, 0.3) is 0 Å². The van der Waals surface area contributed by atoms with Gasteiger partial charge in [-0.15, -0.1) is 0 Å². The van der Waals surface area contributed by atoms with E-state index in [1.807, 2.05) is 30.3 Å². The van der Waals surface area contributed by atoms with Crippen molar-refractivity contribution in [2.24, 2.45) is 0 Å². The van der Waals surface area contributed by atoms with Crippen molar-refractivity contribution >= 4 is 23.1 Å². The van der Waals surface area contributed by atoms with Gasteiger partial charge in [0.2, 0.25) is 0 Å². The number of rotatable bonds is 4. The van der Waals surface area contributed by atoms with Gasteiger partial charge in [0.15, 0.2) is 5.78 Å². The van der Waals surface area contributed by atoms with Gasteiger partial charge in [-0.25, -0.2) is 0 Å². The Labute approximate surface area is 117 Å². The molecule has 2 N–H and O–H groups in total. The molecule has 0 atom stereocenters. The van der Waals surface area contributed by atoms with Crippen molar-refractivity contribution in [2.75, 3.05) is 12.8 Å². The Hall–Kier alpha value is -2.00. The number of nitrogen functional groups attached to an aromatic ring is 1. The normalized spacial score (nSPS) is 10.2. The van der Waals surface area contributed by atoms with Crippen molar-refractivity contribution in [3.05, 3.63) is 58.6 Å². The lowest BCUT2D eigenvalue weighted by molar-refractivity contribution is 0.0993. The van der Waals surface area contributed by atoms with E-state index < -0.39 is 0 Å². The minimum Gasteiger partial charge on any atom is -0.495 e. The predicted octanol–water partition coefficient (Wildman–Crippen LogP) is 3.36. The van der Waals surface area contributed by atoms with E-state index >= 15 is 0 Å². The Kier molecular flexibility index (Phi) is 4.07. The molecule has 19 heavy (non-hydrogen) atoms. The summed E-state index contributed by atoms with van der Waals surface area (Å²) in [4.78, 5) is 12.2. The van der Waals surface area contributed by atoms with Crippen LogP contribution in [0.5, 0.6) is 5.75 Å². The molecule has 2 aromatic rings. The second kappa shape index (κ2) is 5.76. The Morgan fingerprint density at radius 2 is 1.95 bits per heavy atom. The van der Waals surface area contributed by atoms with Crippen LogP contribution >= 0.6 is 11.6 Å². The largest absolute Gasteiger partial charge is 0.495 e. The zero-order valence-corrected chi connectivity index (χ0v) is 11.3. The summed E-state index contributed by atoms with van der Waals surface area (Å²) >= 11 is 6.06. The number of ketones is 1. The maximum absolute atomic E-state index is 12.2. The van der Waals surface area contributed by atoms with Crippen molar-refractivity contribution in [2.45, 2.75) is 6.42 Å². The van der Waals surface area contributed by atoms with Crippen LogP contribution in [-0.4, -0.2) is 12.9 Å². The molecule has 0 aromatic heterocycles. The fourth-order valence-corrected chi connectivity index (χ4v) is 2.11. The van der Waals surface area contributed by atoms with E-state index in [1.165, 1.54) is 7.11 Å². The van der Waals surface area contributed by atoms with Crippen LogP contribution in [0.15, 0.2) is 42.5 Å². The van der Waals surface area contributed by atoms with Crippen LogP contribution in [0.2, 0.25) is 5.02 Å². The summed E-state index contributed by atoms with van der Waals surface area (Å²) in [5.41, 5.74) is 7.52. The Morgan fingerprint density at radius 3 is 2.58 bits per heavy atom. The highest BCUT2D eigenvalue weighted by atomic mass is 35.5. The van der Waals surface area contributed by atoms with E-state index in [4.69, 9.17) is 22.1 Å². The van der Waals surface area contributed by atoms with Crippen LogP contribution in [0.1, 0.15) is 15.9 Å². The summed E-state index contributed by atoms with van der Waals surface area (Å²) in [6.07, 6.45) is 0.299. The number of nitrogens with two attached hydrogens (primary N) is 1. The van der Waals surface area contributed by atoms with E-state index in [2.05, 4.69) is 0 Å². The number of carbonyl (C=O) groups excluding carboxylic acids is 1. The van der Waals surface area contributed by atoms with E-state index in [0.717, 1.165) is 5.56 Å². The first-order valence-corrected chi connectivity index (χ1v) is 6.19. The average Bonchev–Trinajstić information content (AvgIpc) is 2.40. The average molecular weight is 276 g/mol. The van der Waals surface area contributed by atoms with Gasteiger partial charge in [0.05, 0.1) is 17.8 Å². The SMILES string of the molecule is COc1cc(C(=O)Cc2ccccc2)c(Cl)cc1N. The molecule has 0 aliphatic heterocycles. The molecule has 4 heteroatoms. The number of halogens is 1. The van der Waals surface area contributed by atoms with E-state index in [9.17, 15) is 4.79 Å². The van der Waals surface area contributed by atoms with Gasteiger partial charge in [0, 0.05) is 12.0 Å². The molecule has 0 aliphatic rings. The number of ether oxygens (including phenoxy) is 1. The van der Waals surface area contributed by atoms with Crippen molar-refractivity contribution < 1.29 is 9.53 Å². The number of hydrogen-bond donors (Lipinski definition) is 1. The van der Waals surface area contributed by atoms with Crippen molar-refractivity contribution in [3.63, 3.8) is 0 Å². The zero-order valence-electron chi connectivity index (χ0n) is 10.5. The van der Waals surface area contributed by atoms with Gasteiger partial charge >= 0.3 is 0 Å². The first-order chi connectivity index (χ1) is 9.11. The highest BCUT2D eigenvalue weighted by Crippen LogP contribution is 2.29. The van der Waals surface area contributed by atoms with Crippen molar-refractivity contribution in [1.82, 2.24) is 0 Å². The van der Waals surface area contributed by atoms with Crippen molar-refractivity contribution in [1.29, 1.82) is 0 Å². The molecule has 0 aliphatic carbocycles. The first-order valence-electron chi connectivity index (χ1n) is 5.82. The third kappa shape index (κ3) is 3.06. The fourth-order valence-electron chi connectivity index (χ4n) is 1.84. The lowest BCUT2D eigenvalue weighted by Gasteiger charge is -2.09. The first kappa shape index (κ1) is 13.4. The molecule has 0 heterocycles. The minimum absolute atomic E-state index is 0.0606. The molecule has 0 saturated heterocycles. The number of anilines is 1. The maximum atomic E-state index is 12.2. The second-order valence-corrected chi connectivity index (χ2v) is 4.57. The summed E-state index contributed by atoms with van der Waals surface area (Å²) in [7, 11) is 1.51. The molecule has 0 fully saturated rings. The molecule has 0 unspecified atom stereocenters. The number of hydrogen-bond acceptors (Lipinski definition) is 3. The quantitative estimate of drug-likeness (QED) is 0.688. The molecule has 0 saturated carbocycles. The number of methoxy groups -OCH3 is 1. The van der Waals surface area contributed by atoms with Gasteiger partial charge in [-0.1, -0.05) is 41.9 Å². The predicted molar refractivity (Wildman–Crippen MR) is 76.9 cm³/mol. The maximum Gasteiger partial charge on any atom is 0.168 e. The molecule has 0 amide bonds. The molecule has 0 radical (unpaired) electrons. The molecule has 2 rings (SSSR count). The molecule has 2 aromatic carbocycles. The van der Waals surface area contributed by atoms with Gasteiger partial charge < -0.3 is 10.5 Å². The molecule has 98 valence electrons.